The fraction of sp³-hybridized carbons (Fsp3) is 0.929. The van der Waals surface area contributed by atoms with Gasteiger partial charge >= 0.3 is 5.97 Å². The fourth-order valence-electron chi connectivity index (χ4n) is 2.90. The lowest BCUT2D eigenvalue weighted by atomic mass is 9.79. The molecular formula is C14H25NO3. The van der Waals surface area contributed by atoms with E-state index in [0.717, 1.165) is 25.7 Å². The molecular weight excluding hydrogens is 230 g/mol. The van der Waals surface area contributed by atoms with Crippen molar-refractivity contribution in [2.24, 2.45) is 0 Å². The van der Waals surface area contributed by atoms with Crippen molar-refractivity contribution < 1.29 is 14.3 Å². The Balaban J connectivity index is 1.94. The third kappa shape index (κ3) is 2.86. The highest BCUT2D eigenvalue weighted by atomic mass is 16.5. The van der Waals surface area contributed by atoms with Crippen molar-refractivity contribution in [1.82, 2.24) is 5.32 Å². The van der Waals surface area contributed by atoms with Crippen LogP contribution in [0.4, 0.5) is 0 Å². The number of hydrogen-bond acceptors (Lipinski definition) is 4. The number of likely N-dealkylation sites (N-methyl/N-ethyl adjacent to an activating group) is 1. The maximum atomic E-state index is 12.1. The minimum absolute atomic E-state index is 0.116. The standard InChI is InChI=1S/C14H25NO3/c1-3-17-13(16)14(15-2)9-5-8-12(10-14)18-11-6-4-7-11/h11-12,15H,3-10H2,1-2H3. The number of esters is 1. The Morgan fingerprint density at radius 2 is 2.00 bits per heavy atom. The van der Waals surface area contributed by atoms with Gasteiger partial charge in [-0.15, -0.1) is 0 Å². The number of carbonyl (C=O) groups is 1. The molecule has 0 aromatic carbocycles. The lowest BCUT2D eigenvalue weighted by molar-refractivity contribution is -0.157. The van der Waals surface area contributed by atoms with Crippen molar-refractivity contribution in [1.29, 1.82) is 0 Å². The number of ether oxygens (including phenoxy) is 2. The Morgan fingerprint density at radius 3 is 2.56 bits per heavy atom. The van der Waals surface area contributed by atoms with E-state index in [1.165, 1.54) is 19.3 Å². The van der Waals surface area contributed by atoms with Crippen LogP contribution in [0.1, 0.15) is 51.9 Å². The molecule has 0 aromatic heterocycles. The Morgan fingerprint density at radius 1 is 1.28 bits per heavy atom. The molecule has 2 rings (SSSR count). The smallest absolute Gasteiger partial charge is 0.326 e. The van der Waals surface area contributed by atoms with Gasteiger partial charge in [-0.2, -0.15) is 0 Å². The summed E-state index contributed by atoms with van der Waals surface area (Å²) < 4.78 is 11.3. The van der Waals surface area contributed by atoms with Gasteiger partial charge in [-0.3, -0.25) is 4.79 Å². The molecule has 104 valence electrons. The molecule has 0 spiro atoms. The quantitative estimate of drug-likeness (QED) is 0.764. The summed E-state index contributed by atoms with van der Waals surface area (Å²) in [6.07, 6.45) is 7.99. The third-order valence-electron chi connectivity index (χ3n) is 4.29. The Hall–Kier alpha value is -0.610. The second-order valence-electron chi connectivity index (χ2n) is 5.46. The van der Waals surface area contributed by atoms with Crippen LogP contribution in [-0.2, 0) is 14.3 Å². The molecule has 2 aliphatic rings. The molecule has 0 bridgehead atoms. The molecule has 2 aliphatic carbocycles. The first-order valence-electron chi connectivity index (χ1n) is 7.22. The van der Waals surface area contributed by atoms with E-state index in [2.05, 4.69) is 5.32 Å². The number of carbonyl (C=O) groups excluding carboxylic acids is 1. The van der Waals surface area contributed by atoms with Crippen LogP contribution < -0.4 is 5.32 Å². The zero-order chi connectivity index (χ0) is 13.0. The van der Waals surface area contributed by atoms with Crippen LogP contribution >= 0.6 is 0 Å². The van der Waals surface area contributed by atoms with E-state index in [-0.39, 0.29) is 12.1 Å². The molecule has 18 heavy (non-hydrogen) atoms. The SMILES string of the molecule is CCOC(=O)C1(NC)CCCC(OC2CCC2)C1. The molecule has 2 unspecified atom stereocenters. The maximum absolute atomic E-state index is 12.1. The number of nitrogens with one attached hydrogen (secondary N) is 1. The molecule has 1 N–H and O–H groups in total. The van der Waals surface area contributed by atoms with Crippen molar-refractivity contribution >= 4 is 5.97 Å². The first kappa shape index (κ1) is 13.8. The summed E-state index contributed by atoms with van der Waals surface area (Å²) in [5.74, 6) is -0.116. The van der Waals surface area contributed by atoms with Gasteiger partial charge in [-0.1, -0.05) is 0 Å². The minimum Gasteiger partial charge on any atom is -0.465 e. The van der Waals surface area contributed by atoms with Crippen molar-refractivity contribution in [3.8, 4) is 0 Å². The van der Waals surface area contributed by atoms with Crippen LogP contribution in [0, 0.1) is 0 Å². The van der Waals surface area contributed by atoms with Crippen LogP contribution in [0.2, 0.25) is 0 Å². The summed E-state index contributed by atoms with van der Waals surface area (Å²) in [7, 11) is 1.85. The maximum Gasteiger partial charge on any atom is 0.326 e. The molecule has 4 nitrogen and oxygen atoms in total. The van der Waals surface area contributed by atoms with Gasteiger partial charge in [0.05, 0.1) is 18.8 Å². The van der Waals surface area contributed by atoms with Crippen molar-refractivity contribution in [3.05, 3.63) is 0 Å². The number of rotatable bonds is 5. The second kappa shape index (κ2) is 6.02. The lowest BCUT2D eigenvalue weighted by Gasteiger charge is -2.40. The van der Waals surface area contributed by atoms with E-state index in [0.29, 0.717) is 12.7 Å². The van der Waals surface area contributed by atoms with Gasteiger partial charge < -0.3 is 14.8 Å². The molecule has 0 aromatic rings. The molecule has 0 amide bonds. The van der Waals surface area contributed by atoms with Crippen LogP contribution in [-0.4, -0.2) is 37.4 Å². The number of hydrogen-bond donors (Lipinski definition) is 1. The predicted octanol–water partition coefficient (Wildman–Crippen LogP) is 2.02. The van der Waals surface area contributed by atoms with E-state index in [1.807, 2.05) is 14.0 Å². The highest BCUT2D eigenvalue weighted by Gasteiger charge is 2.43. The summed E-state index contributed by atoms with van der Waals surface area (Å²) in [5.41, 5.74) is -0.525. The molecule has 2 atom stereocenters. The summed E-state index contributed by atoms with van der Waals surface area (Å²) >= 11 is 0. The summed E-state index contributed by atoms with van der Waals surface area (Å²) in [6.45, 7) is 2.29. The van der Waals surface area contributed by atoms with Crippen LogP contribution in [0.5, 0.6) is 0 Å². The molecule has 0 radical (unpaired) electrons. The van der Waals surface area contributed by atoms with Crippen molar-refractivity contribution in [2.75, 3.05) is 13.7 Å². The van der Waals surface area contributed by atoms with Gasteiger partial charge in [0.15, 0.2) is 0 Å². The van der Waals surface area contributed by atoms with Gasteiger partial charge in [-0.05, 0) is 52.5 Å². The molecule has 2 saturated carbocycles. The summed E-state index contributed by atoms with van der Waals surface area (Å²) in [6, 6.07) is 0. The second-order valence-corrected chi connectivity index (χ2v) is 5.46. The summed E-state index contributed by atoms with van der Waals surface area (Å²) in [4.78, 5) is 12.1. The van der Waals surface area contributed by atoms with E-state index in [9.17, 15) is 4.79 Å². The molecule has 0 aliphatic heterocycles. The molecule has 0 saturated heterocycles. The van der Waals surface area contributed by atoms with Gasteiger partial charge in [0.25, 0.3) is 0 Å². The van der Waals surface area contributed by atoms with Crippen molar-refractivity contribution in [2.45, 2.75) is 69.6 Å². The largest absolute Gasteiger partial charge is 0.465 e. The van der Waals surface area contributed by atoms with Gasteiger partial charge in [-0.25, -0.2) is 0 Å². The first-order valence-corrected chi connectivity index (χ1v) is 7.22. The molecule has 2 fully saturated rings. The zero-order valence-corrected chi connectivity index (χ0v) is 11.5. The highest BCUT2D eigenvalue weighted by Crippen LogP contribution is 2.34. The highest BCUT2D eigenvalue weighted by molar-refractivity contribution is 5.81. The predicted molar refractivity (Wildman–Crippen MR) is 69.4 cm³/mol. The first-order chi connectivity index (χ1) is 8.70. The van der Waals surface area contributed by atoms with E-state index >= 15 is 0 Å². The summed E-state index contributed by atoms with van der Waals surface area (Å²) in [5, 5.41) is 3.19. The van der Waals surface area contributed by atoms with Gasteiger partial charge in [0.2, 0.25) is 0 Å². The Labute approximate surface area is 109 Å². The Kier molecular flexibility index (Phi) is 4.62. The minimum atomic E-state index is -0.525. The lowest BCUT2D eigenvalue weighted by Crippen LogP contribution is -2.56. The third-order valence-corrected chi connectivity index (χ3v) is 4.29. The van der Waals surface area contributed by atoms with E-state index < -0.39 is 5.54 Å². The fourth-order valence-corrected chi connectivity index (χ4v) is 2.90. The average Bonchev–Trinajstić information content (AvgIpc) is 2.34. The van der Waals surface area contributed by atoms with E-state index in [1.54, 1.807) is 0 Å². The van der Waals surface area contributed by atoms with Crippen LogP contribution in [0.15, 0.2) is 0 Å². The van der Waals surface area contributed by atoms with Gasteiger partial charge in [0.1, 0.15) is 5.54 Å². The normalized spacial score (nSPS) is 32.9. The zero-order valence-electron chi connectivity index (χ0n) is 11.5. The van der Waals surface area contributed by atoms with Crippen LogP contribution in [0.25, 0.3) is 0 Å². The topological polar surface area (TPSA) is 47.6 Å². The van der Waals surface area contributed by atoms with Crippen molar-refractivity contribution in [3.63, 3.8) is 0 Å². The van der Waals surface area contributed by atoms with E-state index in [4.69, 9.17) is 9.47 Å². The average molecular weight is 255 g/mol. The van der Waals surface area contributed by atoms with Crippen LogP contribution in [0.3, 0.4) is 0 Å². The molecule has 4 heteroatoms. The monoisotopic (exact) mass is 255 g/mol. The van der Waals surface area contributed by atoms with Gasteiger partial charge in [0, 0.05) is 6.42 Å². The Bertz CT molecular complexity index is 291. The molecule has 0 heterocycles.